The number of piperidine rings is 1. The molecule has 0 bridgehead atoms. The Hall–Kier alpha value is -1.60. The van der Waals surface area contributed by atoms with Crippen molar-refractivity contribution in [1.29, 1.82) is 0 Å². The van der Waals surface area contributed by atoms with Crippen LogP contribution in [0.1, 0.15) is 44.6 Å². The van der Waals surface area contributed by atoms with Crippen LogP contribution in [0.4, 0.5) is 0 Å². The number of aryl methyl sites for hydroxylation is 1. The van der Waals surface area contributed by atoms with Gasteiger partial charge >= 0.3 is 0 Å². The summed E-state index contributed by atoms with van der Waals surface area (Å²) in [7, 11) is 1.88. The van der Waals surface area contributed by atoms with E-state index < -0.39 is 6.04 Å². The lowest BCUT2D eigenvalue weighted by Crippen LogP contribution is -2.52. The van der Waals surface area contributed by atoms with E-state index in [0.717, 1.165) is 31.5 Å². The van der Waals surface area contributed by atoms with E-state index in [4.69, 9.17) is 0 Å². The van der Waals surface area contributed by atoms with Gasteiger partial charge in [0.05, 0.1) is 12.1 Å². The Morgan fingerprint density at radius 3 is 2.77 bits per heavy atom. The molecule has 0 aromatic carbocycles. The van der Waals surface area contributed by atoms with Crippen LogP contribution in [-0.4, -0.2) is 58.2 Å². The Bertz CT molecular complexity index is 635. The smallest absolute Gasteiger partial charge is 0.245 e. The molecule has 0 saturated carbocycles. The average Bonchev–Trinajstić information content (AvgIpc) is 3.23. The number of carbonyl (C=O) groups excluding carboxylic acids is 2. The summed E-state index contributed by atoms with van der Waals surface area (Å²) < 4.78 is 1.76. The Labute approximate surface area is 161 Å². The van der Waals surface area contributed by atoms with Crippen LogP contribution in [0.5, 0.6) is 0 Å². The summed E-state index contributed by atoms with van der Waals surface area (Å²) in [6.07, 6.45) is 7.05. The molecule has 2 aliphatic rings. The molecule has 0 aliphatic carbocycles. The fraction of sp³-hybridized carbons (Fsp3) is 0.722. The molecule has 0 spiro atoms. The molecule has 3 rings (SSSR count). The quantitative estimate of drug-likeness (QED) is 0.814. The van der Waals surface area contributed by atoms with Gasteiger partial charge in [0, 0.05) is 44.8 Å². The number of halogens is 1. The summed E-state index contributed by atoms with van der Waals surface area (Å²) in [5.41, 5.74) is 1.07. The van der Waals surface area contributed by atoms with Crippen LogP contribution in [0.3, 0.4) is 0 Å². The van der Waals surface area contributed by atoms with Gasteiger partial charge in [0.2, 0.25) is 11.8 Å². The summed E-state index contributed by atoms with van der Waals surface area (Å²) in [6, 6.07) is -0.222. The Morgan fingerprint density at radius 2 is 2.12 bits per heavy atom. The van der Waals surface area contributed by atoms with Gasteiger partial charge in [-0.15, -0.1) is 12.4 Å². The summed E-state index contributed by atoms with van der Waals surface area (Å²) in [5, 5.41) is 10.4. The molecular weight excluding hydrogens is 354 g/mol. The number of likely N-dealkylation sites (tertiary alicyclic amines) is 1. The Morgan fingerprint density at radius 1 is 1.35 bits per heavy atom. The average molecular weight is 384 g/mol. The first-order valence-electron chi connectivity index (χ1n) is 9.27. The van der Waals surface area contributed by atoms with E-state index in [1.54, 1.807) is 11.6 Å². The molecule has 1 aromatic rings. The van der Waals surface area contributed by atoms with E-state index in [-0.39, 0.29) is 42.1 Å². The van der Waals surface area contributed by atoms with Crippen LogP contribution in [0.25, 0.3) is 0 Å². The van der Waals surface area contributed by atoms with Crippen molar-refractivity contribution in [3.63, 3.8) is 0 Å². The predicted molar refractivity (Wildman–Crippen MR) is 102 cm³/mol. The topological polar surface area (TPSA) is 79.3 Å². The van der Waals surface area contributed by atoms with E-state index >= 15 is 0 Å². The van der Waals surface area contributed by atoms with E-state index in [1.165, 1.54) is 6.42 Å². The van der Waals surface area contributed by atoms with Gasteiger partial charge in [-0.05, 0) is 38.7 Å². The van der Waals surface area contributed by atoms with Crippen molar-refractivity contribution < 1.29 is 9.59 Å². The number of rotatable bonds is 4. The highest BCUT2D eigenvalue weighted by molar-refractivity contribution is 5.89. The maximum Gasteiger partial charge on any atom is 0.245 e. The maximum atomic E-state index is 12.8. The molecular formula is C18H30ClN5O2. The van der Waals surface area contributed by atoms with Crippen molar-refractivity contribution in [1.82, 2.24) is 25.3 Å². The van der Waals surface area contributed by atoms with Gasteiger partial charge in [-0.3, -0.25) is 14.3 Å². The van der Waals surface area contributed by atoms with Crippen LogP contribution in [-0.2, 0) is 16.6 Å². The lowest BCUT2D eigenvalue weighted by atomic mass is 9.90. The van der Waals surface area contributed by atoms with E-state index in [0.29, 0.717) is 6.54 Å². The molecule has 4 atom stereocenters. The van der Waals surface area contributed by atoms with E-state index in [9.17, 15) is 9.59 Å². The van der Waals surface area contributed by atoms with E-state index in [1.807, 2.05) is 24.3 Å². The normalized spacial score (nSPS) is 26.9. The van der Waals surface area contributed by atoms with Gasteiger partial charge in [-0.2, -0.15) is 5.10 Å². The molecule has 26 heavy (non-hydrogen) atoms. The molecule has 2 N–H and O–H groups in total. The van der Waals surface area contributed by atoms with Gasteiger partial charge in [0.15, 0.2) is 0 Å². The van der Waals surface area contributed by atoms with Crippen molar-refractivity contribution in [2.45, 2.75) is 51.1 Å². The largest absolute Gasteiger partial charge is 0.344 e. The second kappa shape index (κ2) is 8.86. The number of nitrogens with zero attached hydrogens (tertiary/aromatic N) is 3. The summed E-state index contributed by atoms with van der Waals surface area (Å²) in [4.78, 5) is 27.4. The molecule has 0 radical (unpaired) electrons. The SMILES string of the molecule is CC(NC(=O)[C@H]1CNC[C@@H]1c1cnn(C)c1)C(=O)N1CCCCC1C.Cl. The first kappa shape index (κ1) is 20.7. The molecule has 146 valence electrons. The first-order chi connectivity index (χ1) is 12.0. The van der Waals surface area contributed by atoms with Crippen LogP contribution in [0.15, 0.2) is 12.4 Å². The second-order valence-electron chi connectivity index (χ2n) is 7.43. The molecule has 8 heteroatoms. The number of aromatic nitrogens is 2. The molecule has 2 amide bonds. The third-order valence-electron chi connectivity index (χ3n) is 5.52. The minimum absolute atomic E-state index is 0. The molecule has 2 fully saturated rings. The van der Waals surface area contributed by atoms with Crippen molar-refractivity contribution in [3.05, 3.63) is 18.0 Å². The van der Waals surface area contributed by atoms with Gasteiger partial charge in [0.25, 0.3) is 0 Å². The highest BCUT2D eigenvalue weighted by atomic mass is 35.5. The fourth-order valence-electron chi connectivity index (χ4n) is 3.99. The van der Waals surface area contributed by atoms with Crippen LogP contribution < -0.4 is 10.6 Å². The van der Waals surface area contributed by atoms with Crippen LogP contribution in [0, 0.1) is 5.92 Å². The number of amides is 2. The zero-order chi connectivity index (χ0) is 18.0. The molecule has 2 aliphatic heterocycles. The van der Waals surface area contributed by atoms with Crippen molar-refractivity contribution in [2.24, 2.45) is 13.0 Å². The second-order valence-corrected chi connectivity index (χ2v) is 7.43. The summed E-state index contributed by atoms with van der Waals surface area (Å²) in [5.74, 6) is -0.0862. The summed E-state index contributed by atoms with van der Waals surface area (Å²) >= 11 is 0. The third kappa shape index (κ3) is 4.38. The molecule has 2 unspecified atom stereocenters. The number of hydrogen-bond acceptors (Lipinski definition) is 4. The Balaban J connectivity index is 0.00000243. The fourth-order valence-corrected chi connectivity index (χ4v) is 3.99. The minimum Gasteiger partial charge on any atom is -0.344 e. The van der Waals surface area contributed by atoms with Crippen molar-refractivity contribution in [2.75, 3.05) is 19.6 Å². The standard InChI is InChI=1S/C18H29N5O2.ClH/c1-12-6-4-5-7-23(12)18(25)13(2)21-17(24)16-10-19-9-15(16)14-8-20-22(3)11-14;/h8,11-13,15-16,19H,4-7,9-10H2,1-3H3,(H,21,24);1H/t12?,13?,15-,16+;/m1./s1. The zero-order valence-electron chi connectivity index (χ0n) is 15.8. The van der Waals surface area contributed by atoms with Crippen LogP contribution >= 0.6 is 12.4 Å². The van der Waals surface area contributed by atoms with Crippen molar-refractivity contribution >= 4 is 24.2 Å². The molecule has 2 saturated heterocycles. The molecule has 1 aromatic heterocycles. The molecule has 7 nitrogen and oxygen atoms in total. The monoisotopic (exact) mass is 383 g/mol. The highest BCUT2D eigenvalue weighted by Gasteiger charge is 2.36. The maximum absolute atomic E-state index is 12.8. The zero-order valence-corrected chi connectivity index (χ0v) is 16.6. The first-order valence-corrected chi connectivity index (χ1v) is 9.27. The minimum atomic E-state index is -0.483. The molecule has 3 heterocycles. The lowest BCUT2D eigenvalue weighted by Gasteiger charge is -2.35. The van der Waals surface area contributed by atoms with Gasteiger partial charge in [-0.1, -0.05) is 0 Å². The summed E-state index contributed by atoms with van der Waals surface area (Å²) in [6.45, 7) is 6.07. The van der Waals surface area contributed by atoms with Crippen LogP contribution in [0.2, 0.25) is 0 Å². The number of carbonyl (C=O) groups is 2. The van der Waals surface area contributed by atoms with Gasteiger partial charge in [0.1, 0.15) is 6.04 Å². The van der Waals surface area contributed by atoms with E-state index in [2.05, 4.69) is 22.7 Å². The van der Waals surface area contributed by atoms with Crippen molar-refractivity contribution in [3.8, 4) is 0 Å². The third-order valence-corrected chi connectivity index (χ3v) is 5.52. The van der Waals surface area contributed by atoms with Gasteiger partial charge in [-0.25, -0.2) is 0 Å². The predicted octanol–water partition coefficient (Wildman–Crippen LogP) is 1.05. The number of nitrogens with one attached hydrogen (secondary N) is 2. The lowest BCUT2D eigenvalue weighted by molar-refractivity contribution is -0.139. The highest BCUT2D eigenvalue weighted by Crippen LogP contribution is 2.28. The van der Waals surface area contributed by atoms with Gasteiger partial charge < -0.3 is 15.5 Å². The Kier molecular flexibility index (Phi) is 7.06. The number of hydrogen-bond donors (Lipinski definition) is 2.